The number of nitrogens with one attached hydrogen (secondary N) is 1. The summed E-state index contributed by atoms with van der Waals surface area (Å²) in [5.74, 6) is -1.35. The molecular formula is C11H15NO3S. The fourth-order valence-electron chi connectivity index (χ4n) is 1.31. The van der Waals surface area contributed by atoms with Crippen molar-refractivity contribution in [1.82, 2.24) is 5.32 Å². The average Bonchev–Trinajstić information content (AvgIpc) is 2.59. The predicted octanol–water partition coefficient (Wildman–Crippen LogP) is 1.82. The smallest absolute Gasteiger partial charge is 0.325 e. The number of hydrogen-bond acceptors (Lipinski definition) is 3. The fourth-order valence-corrected chi connectivity index (χ4v) is 2.33. The lowest BCUT2D eigenvalue weighted by atomic mass is 10.2. The van der Waals surface area contributed by atoms with E-state index in [1.54, 1.807) is 0 Å². The molecule has 1 amide bonds. The molecule has 0 fully saturated rings. The normalized spacial score (nSPS) is 12.2. The second kappa shape index (κ2) is 5.12. The summed E-state index contributed by atoms with van der Waals surface area (Å²) in [6, 6.07) is 0.962. The molecule has 1 aromatic rings. The molecular weight excluding hydrogens is 226 g/mol. The maximum Gasteiger partial charge on any atom is 0.325 e. The van der Waals surface area contributed by atoms with Crippen LogP contribution in [0.4, 0.5) is 0 Å². The van der Waals surface area contributed by atoms with Gasteiger partial charge in [-0.25, -0.2) is 0 Å². The molecule has 2 N–H and O–H groups in total. The van der Waals surface area contributed by atoms with E-state index >= 15 is 0 Å². The number of rotatable bonds is 4. The third kappa shape index (κ3) is 2.82. The largest absolute Gasteiger partial charge is 0.480 e. The molecule has 0 aliphatic carbocycles. The molecule has 0 aliphatic heterocycles. The number of carbonyl (C=O) groups is 2. The van der Waals surface area contributed by atoms with Crippen LogP contribution in [-0.2, 0) is 11.2 Å². The molecule has 1 heterocycles. The van der Waals surface area contributed by atoms with Crippen LogP contribution in [0.15, 0.2) is 6.07 Å². The van der Waals surface area contributed by atoms with Crippen molar-refractivity contribution in [3.05, 3.63) is 21.4 Å². The molecule has 0 aliphatic rings. The van der Waals surface area contributed by atoms with Gasteiger partial charge in [0.2, 0.25) is 0 Å². The second-order valence-corrected chi connectivity index (χ2v) is 4.84. The number of thiophene rings is 1. The summed E-state index contributed by atoms with van der Waals surface area (Å²) in [7, 11) is 0. The van der Waals surface area contributed by atoms with Crippen molar-refractivity contribution < 1.29 is 14.7 Å². The Bertz CT molecular complexity index is 411. The number of hydrogen-bond donors (Lipinski definition) is 2. The van der Waals surface area contributed by atoms with Crippen molar-refractivity contribution in [2.24, 2.45) is 0 Å². The van der Waals surface area contributed by atoms with Gasteiger partial charge < -0.3 is 10.4 Å². The zero-order valence-corrected chi connectivity index (χ0v) is 10.4. The quantitative estimate of drug-likeness (QED) is 0.845. The molecule has 0 spiro atoms. The molecule has 0 saturated heterocycles. The summed E-state index contributed by atoms with van der Waals surface area (Å²) < 4.78 is 0. The number of carboxylic acid groups (broad SMARTS) is 1. The lowest BCUT2D eigenvalue weighted by Crippen LogP contribution is -2.37. The highest BCUT2D eigenvalue weighted by atomic mass is 32.1. The van der Waals surface area contributed by atoms with Crippen LogP contribution in [0.25, 0.3) is 0 Å². The fraction of sp³-hybridized carbons (Fsp3) is 0.455. The Morgan fingerprint density at radius 2 is 2.19 bits per heavy atom. The number of carboxylic acids is 1. The van der Waals surface area contributed by atoms with E-state index in [9.17, 15) is 9.59 Å². The highest BCUT2D eigenvalue weighted by Gasteiger charge is 2.17. The van der Waals surface area contributed by atoms with Crippen LogP contribution < -0.4 is 5.32 Å². The van der Waals surface area contributed by atoms with Gasteiger partial charge in [0.15, 0.2) is 0 Å². The van der Waals surface area contributed by atoms with E-state index in [1.165, 1.54) is 18.3 Å². The van der Waals surface area contributed by atoms with Crippen molar-refractivity contribution in [2.45, 2.75) is 33.2 Å². The average molecular weight is 241 g/mol. The van der Waals surface area contributed by atoms with Crippen LogP contribution >= 0.6 is 11.3 Å². The van der Waals surface area contributed by atoms with Crippen LogP contribution in [0.3, 0.4) is 0 Å². The Hall–Kier alpha value is -1.36. The standard InChI is InChI=1S/C11H15NO3S/c1-4-8-5-9(16-7(8)3)10(13)12-6(2)11(14)15/h5-6H,4H2,1-3H3,(H,12,13)(H,14,15). The Balaban J connectivity index is 2.77. The van der Waals surface area contributed by atoms with Crippen LogP contribution in [0.1, 0.15) is 34.0 Å². The third-order valence-electron chi connectivity index (χ3n) is 2.34. The second-order valence-electron chi connectivity index (χ2n) is 3.58. The van der Waals surface area contributed by atoms with E-state index in [0.29, 0.717) is 4.88 Å². The lowest BCUT2D eigenvalue weighted by Gasteiger charge is -2.07. The van der Waals surface area contributed by atoms with Gasteiger partial charge in [-0.3, -0.25) is 9.59 Å². The number of carbonyl (C=O) groups excluding carboxylic acids is 1. The number of amides is 1. The predicted molar refractivity (Wildman–Crippen MR) is 63.0 cm³/mol. The summed E-state index contributed by atoms with van der Waals surface area (Å²) in [6.45, 7) is 5.43. The van der Waals surface area contributed by atoms with Gasteiger partial charge in [0.25, 0.3) is 5.91 Å². The molecule has 0 radical (unpaired) electrons. The van der Waals surface area contributed by atoms with Gasteiger partial charge in [0, 0.05) is 4.88 Å². The first kappa shape index (κ1) is 12.7. The van der Waals surface area contributed by atoms with Crippen molar-refractivity contribution in [2.75, 3.05) is 0 Å². The van der Waals surface area contributed by atoms with Crippen molar-refractivity contribution in [3.8, 4) is 0 Å². The van der Waals surface area contributed by atoms with Crippen molar-refractivity contribution in [1.29, 1.82) is 0 Å². The Kier molecular flexibility index (Phi) is 4.06. The summed E-state index contributed by atoms with van der Waals surface area (Å²) >= 11 is 1.40. The molecule has 88 valence electrons. The van der Waals surface area contributed by atoms with Crippen LogP contribution in [0, 0.1) is 6.92 Å². The van der Waals surface area contributed by atoms with Crippen molar-refractivity contribution in [3.63, 3.8) is 0 Å². The molecule has 0 aromatic carbocycles. The minimum absolute atomic E-state index is 0.317. The molecule has 4 nitrogen and oxygen atoms in total. The van der Waals surface area contributed by atoms with Crippen LogP contribution in [0.5, 0.6) is 0 Å². The van der Waals surface area contributed by atoms with Gasteiger partial charge in [-0.2, -0.15) is 0 Å². The Labute approximate surface area is 98.3 Å². The highest BCUT2D eigenvalue weighted by molar-refractivity contribution is 7.14. The lowest BCUT2D eigenvalue weighted by molar-refractivity contribution is -0.138. The summed E-state index contributed by atoms with van der Waals surface area (Å²) in [5.41, 5.74) is 1.14. The maximum absolute atomic E-state index is 11.7. The van der Waals surface area contributed by atoms with Gasteiger partial charge >= 0.3 is 5.97 Å². The maximum atomic E-state index is 11.7. The van der Waals surface area contributed by atoms with Crippen LogP contribution in [0.2, 0.25) is 0 Å². The van der Waals surface area contributed by atoms with Gasteiger partial charge in [-0.1, -0.05) is 6.92 Å². The molecule has 1 atom stereocenters. The summed E-state index contributed by atoms with van der Waals surface area (Å²) in [4.78, 5) is 23.9. The van der Waals surface area contributed by atoms with E-state index in [-0.39, 0.29) is 5.91 Å². The zero-order chi connectivity index (χ0) is 12.3. The summed E-state index contributed by atoms with van der Waals surface area (Å²) in [5, 5.41) is 11.1. The number of aliphatic carboxylic acids is 1. The monoisotopic (exact) mass is 241 g/mol. The first-order chi connectivity index (χ1) is 7.45. The Morgan fingerprint density at radius 1 is 1.56 bits per heavy atom. The zero-order valence-electron chi connectivity index (χ0n) is 9.53. The van der Waals surface area contributed by atoms with E-state index in [1.807, 2.05) is 19.9 Å². The topological polar surface area (TPSA) is 66.4 Å². The minimum Gasteiger partial charge on any atom is -0.480 e. The molecule has 1 unspecified atom stereocenters. The van der Waals surface area contributed by atoms with E-state index in [4.69, 9.17) is 5.11 Å². The molecule has 1 aromatic heterocycles. The van der Waals surface area contributed by atoms with Gasteiger partial charge in [-0.05, 0) is 31.9 Å². The van der Waals surface area contributed by atoms with E-state index < -0.39 is 12.0 Å². The molecule has 1 rings (SSSR count). The van der Waals surface area contributed by atoms with E-state index in [0.717, 1.165) is 16.9 Å². The summed E-state index contributed by atoms with van der Waals surface area (Å²) in [6.07, 6.45) is 0.879. The highest BCUT2D eigenvalue weighted by Crippen LogP contribution is 2.21. The number of aryl methyl sites for hydroxylation is 2. The first-order valence-corrected chi connectivity index (χ1v) is 5.90. The van der Waals surface area contributed by atoms with Crippen LogP contribution in [-0.4, -0.2) is 23.0 Å². The first-order valence-electron chi connectivity index (χ1n) is 5.08. The molecule has 16 heavy (non-hydrogen) atoms. The minimum atomic E-state index is -1.03. The molecule has 0 bridgehead atoms. The van der Waals surface area contributed by atoms with Gasteiger partial charge in [0.05, 0.1) is 4.88 Å². The molecule has 0 saturated carbocycles. The van der Waals surface area contributed by atoms with Crippen molar-refractivity contribution >= 4 is 23.2 Å². The third-order valence-corrected chi connectivity index (χ3v) is 3.43. The van der Waals surface area contributed by atoms with Gasteiger partial charge in [0.1, 0.15) is 6.04 Å². The van der Waals surface area contributed by atoms with Gasteiger partial charge in [-0.15, -0.1) is 11.3 Å². The Morgan fingerprint density at radius 3 is 2.62 bits per heavy atom. The van der Waals surface area contributed by atoms with E-state index in [2.05, 4.69) is 5.32 Å². The SMILES string of the molecule is CCc1cc(C(=O)NC(C)C(=O)O)sc1C. The molecule has 5 heteroatoms.